The highest BCUT2D eigenvalue weighted by molar-refractivity contribution is 7.98. The molecule has 0 aliphatic carbocycles. The van der Waals surface area contributed by atoms with E-state index in [2.05, 4.69) is 20.1 Å². The van der Waals surface area contributed by atoms with Gasteiger partial charge in [-0.1, -0.05) is 35.5 Å². The van der Waals surface area contributed by atoms with Crippen molar-refractivity contribution in [2.45, 2.75) is 42.4 Å². The molecule has 0 unspecified atom stereocenters. The van der Waals surface area contributed by atoms with Crippen LogP contribution in [0.25, 0.3) is 0 Å². The van der Waals surface area contributed by atoms with Crippen molar-refractivity contribution in [1.29, 1.82) is 0 Å². The number of benzene rings is 1. The molecule has 0 radical (unpaired) electrons. The normalized spacial score (nSPS) is 20.0. The second kappa shape index (κ2) is 11.4. The average Bonchev–Trinajstić information content (AvgIpc) is 3.56. The standard InChI is InChI=1S/C25H32ClN5O3S/c26-21-17-22(31-12-7-25(8-13-31)33-15-16-34-25)29-24(28-21)35-18-19-3-5-20(6-4-19)23(32)27-9-14-30-10-1-2-11-30/h3-6,17H,1-2,7-16,18H2,(H,27,32). The fraction of sp³-hybridized carbons (Fsp3) is 0.560. The first-order chi connectivity index (χ1) is 17.1. The SMILES string of the molecule is O=C(NCCN1CCCC1)c1ccc(CSc2nc(Cl)cc(N3CCC4(CC3)OCCO4)n2)cc1. The van der Waals surface area contributed by atoms with Gasteiger partial charge in [0.05, 0.1) is 13.2 Å². The molecule has 3 saturated heterocycles. The molecule has 0 atom stereocenters. The predicted molar refractivity (Wildman–Crippen MR) is 137 cm³/mol. The van der Waals surface area contributed by atoms with E-state index < -0.39 is 5.79 Å². The summed E-state index contributed by atoms with van der Waals surface area (Å²) >= 11 is 7.86. The first-order valence-electron chi connectivity index (χ1n) is 12.4. The van der Waals surface area contributed by atoms with Crippen molar-refractivity contribution < 1.29 is 14.3 Å². The van der Waals surface area contributed by atoms with Crippen LogP contribution in [0.2, 0.25) is 5.15 Å². The van der Waals surface area contributed by atoms with E-state index in [1.165, 1.54) is 24.6 Å². The number of halogens is 1. The minimum atomic E-state index is -0.415. The fourth-order valence-corrected chi connectivity index (χ4v) is 5.85. The van der Waals surface area contributed by atoms with Crippen molar-refractivity contribution >= 4 is 35.1 Å². The zero-order valence-electron chi connectivity index (χ0n) is 19.9. The lowest BCUT2D eigenvalue weighted by Gasteiger charge is -2.38. The van der Waals surface area contributed by atoms with Crippen LogP contribution in [0.3, 0.4) is 0 Å². The molecule has 1 aromatic carbocycles. The van der Waals surface area contributed by atoms with Gasteiger partial charge in [-0.25, -0.2) is 9.97 Å². The third-order valence-corrected chi connectivity index (χ3v) is 7.93. The van der Waals surface area contributed by atoms with Gasteiger partial charge in [-0.3, -0.25) is 4.79 Å². The summed E-state index contributed by atoms with van der Waals surface area (Å²) in [5.41, 5.74) is 1.78. The van der Waals surface area contributed by atoms with E-state index in [0.717, 1.165) is 56.9 Å². The molecular weight excluding hydrogens is 486 g/mol. The predicted octanol–water partition coefficient (Wildman–Crippen LogP) is 3.59. The molecule has 1 amide bonds. The molecule has 4 heterocycles. The van der Waals surface area contributed by atoms with Crippen molar-refractivity contribution in [3.05, 3.63) is 46.6 Å². The van der Waals surface area contributed by atoms with Crippen LogP contribution in [-0.4, -0.2) is 79.0 Å². The number of nitrogens with zero attached hydrogens (tertiary/aromatic N) is 4. The number of piperidine rings is 1. The molecule has 0 saturated carbocycles. The minimum Gasteiger partial charge on any atom is -0.356 e. The number of aromatic nitrogens is 2. The first-order valence-corrected chi connectivity index (χ1v) is 13.7. The molecule has 1 N–H and O–H groups in total. The summed E-state index contributed by atoms with van der Waals surface area (Å²) in [6.45, 7) is 6.84. The molecule has 3 aliphatic heterocycles. The molecular formula is C25H32ClN5O3S. The number of amides is 1. The summed E-state index contributed by atoms with van der Waals surface area (Å²) in [5.74, 6) is 1.09. The smallest absolute Gasteiger partial charge is 0.251 e. The van der Waals surface area contributed by atoms with Gasteiger partial charge in [0.1, 0.15) is 11.0 Å². The summed E-state index contributed by atoms with van der Waals surface area (Å²) in [7, 11) is 0. The van der Waals surface area contributed by atoms with Crippen LogP contribution in [0.5, 0.6) is 0 Å². The molecule has 8 nitrogen and oxygen atoms in total. The molecule has 1 aromatic heterocycles. The highest BCUT2D eigenvalue weighted by Crippen LogP contribution is 2.33. The Morgan fingerprint density at radius 2 is 1.77 bits per heavy atom. The van der Waals surface area contributed by atoms with Crippen molar-refractivity contribution in [2.24, 2.45) is 0 Å². The third kappa shape index (κ3) is 6.46. The molecule has 10 heteroatoms. The molecule has 3 fully saturated rings. The van der Waals surface area contributed by atoms with E-state index >= 15 is 0 Å². The summed E-state index contributed by atoms with van der Waals surface area (Å²) in [6.07, 6.45) is 4.15. The Balaban J connectivity index is 1.12. The Hall–Kier alpha value is -1.91. The lowest BCUT2D eigenvalue weighted by Crippen LogP contribution is -2.45. The quantitative estimate of drug-likeness (QED) is 0.323. The monoisotopic (exact) mass is 517 g/mol. The Labute approximate surface area is 215 Å². The second-order valence-corrected chi connectivity index (χ2v) is 10.5. The third-order valence-electron chi connectivity index (χ3n) is 6.82. The topological polar surface area (TPSA) is 79.8 Å². The number of likely N-dealkylation sites (tertiary alicyclic amines) is 1. The Kier molecular flexibility index (Phi) is 8.09. The highest BCUT2D eigenvalue weighted by atomic mass is 35.5. The van der Waals surface area contributed by atoms with Crippen LogP contribution in [0.1, 0.15) is 41.6 Å². The Bertz CT molecular complexity index is 1000. The van der Waals surface area contributed by atoms with Crippen molar-refractivity contribution in [3.63, 3.8) is 0 Å². The number of thioether (sulfide) groups is 1. The second-order valence-electron chi connectivity index (χ2n) is 9.22. The molecule has 2 aromatic rings. The molecule has 3 aliphatic rings. The number of anilines is 1. The van der Waals surface area contributed by atoms with Gasteiger partial charge in [0.15, 0.2) is 10.9 Å². The molecule has 1 spiro atoms. The number of carbonyl (C=O) groups excluding carboxylic acids is 1. The van der Waals surface area contributed by atoms with Crippen LogP contribution in [0.15, 0.2) is 35.5 Å². The maximum atomic E-state index is 12.4. The van der Waals surface area contributed by atoms with Gasteiger partial charge in [-0.05, 0) is 43.6 Å². The maximum Gasteiger partial charge on any atom is 0.251 e. The van der Waals surface area contributed by atoms with Crippen LogP contribution in [-0.2, 0) is 15.2 Å². The van der Waals surface area contributed by atoms with E-state index in [4.69, 9.17) is 26.1 Å². The Morgan fingerprint density at radius 1 is 1.06 bits per heavy atom. The van der Waals surface area contributed by atoms with Gasteiger partial charge in [-0.2, -0.15) is 0 Å². The largest absolute Gasteiger partial charge is 0.356 e. The average molecular weight is 518 g/mol. The zero-order valence-corrected chi connectivity index (χ0v) is 21.5. The number of hydrogen-bond donors (Lipinski definition) is 1. The molecule has 0 bridgehead atoms. The van der Waals surface area contributed by atoms with E-state index in [9.17, 15) is 4.79 Å². The number of carbonyl (C=O) groups is 1. The summed E-state index contributed by atoms with van der Waals surface area (Å²) < 4.78 is 11.7. The number of nitrogens with one attached hydrogen (secondary N) is 1. The van der Waals surface area contributed by atoms with E-state index in [-0.39, 0.29) is 5.91 Å². The van der Waals surface area contributed by atoms with Gasteiger partial charge in [0, 0.05) is 56.4 Å². The highest BCUT2D eigenvalue weighted by Gasteiger charge is 2.40. The minimum absolute atomic E-state index is 0.0251. The zero-order chi connectivity index (χ0) is 24.1. The van der Waals surface area contributed by atoms with Gasteiger partial charge in [0.2, 0.25) is 0 Å². The summed E-state index contributed by atoms with van der Waals surface area (Å²) in [5, 5.41) is 4.10. The number of ether oxygens (including phenoxy) is 2. The van der Waals surface area contributed by atoms with Crippen LogP contribution in [0, 0.1) is 0 Å². The fourth-order valence-electron chi connectivity index (χ4n) is 4.81. The molecule has 5 rings (SSSR count). The van der Waals surface area contributed by atoms with Crippen LogP contribution in [0.4, 0.5) is 5.82 Å². The van der Waals surface area contributed by atoms with Crippen LogP contribution < -0.4 is 10.2 Å². The summed E-state index contributed by atoms with van der Waals surface area (Å²) in [6, 6.07) is 9.54. The van der Waals surface area contributed by atoms with E-state index in [1.807, 2.05) is 30.3 Å². The van der Waals surface area contributed by atoms with Gasteiger partial charge < -0.3 is 24.6 Å². The van der Waals surface area contributed by atoms with Gasteiger partial charge in [-0.15, -0.1) is 0 Å². The van der Waals surface area contributed by atoms with E-state index in [1.54, 1.807) is 0 Å². The van der Waals surface area contributed by atoms with Gasteiger partial charge in [0.25, 0.3) is 5.91 Å². The van der Waals surface area contributed by atoms with E-state index in [0.29, 0.717) is 41.4 Å². The van der Waals surface area contributed by atoms with Crippen molar-refractivity contribution in [1.82, 2.24) is 20.2 Å². The Morgan fingerprint density at radius 3 is 2.49 bits per heavy atom. The lowest BCUT2D eigenvalue weighted by atomic mass is 10.0. The van der Waals surface area contributed by atoms with Gasteiger partial charge >= 0.3 is 0 Å². The lowest BCUT2D eigenvalue weighted by molar-refractivity contribution is -0.169. The summed E-state index contributed by atoms with van der Waals surface area (Å²) in [4.78, 5) is 26.2. The molecule has 188 valence electrons. The van der Waals surface area contributed by atoms with Crippen molar-refractivity contribution in [2.75, 3.05) is 57.4 Å². The van der Waals surface area contributed by atoms with Crippen LogP contribution >= 0.6 is 23.4 Å². The number of rotatable bonds is 8. The van der Waals surface area contributed by atoms with Crippen molar-refractivity contribution in [3.8, 4) is 0 Å². The molecule has 35 heavy (non-hydrogen) atoms. The maximum absolute atomic E-state index is 12.4. The first kappa shape index (κ1) is 24.8. The number of hydrogen-bond acceptors (Lipinski definition) is 8.